The summed E-state index contributed by atoms with van der Waals surface area (Å²) in [5, 5.41) is 2.28. The molecule has 7 nitrogen and oxygen atoms in total. The number of carbonyl (C=O) groups is 3. The Labute approximate surface area is 231 Å². The molecular weight excluding hydrogens is 490 g/mol. The summed E-state index contributed by atoms with van der Waals surface area (Å²) in [6.07, 6.45) is 3.21. The zero-order valence-electron chi connectivity index (χ0n) is 23.1. The van der Waals surface area contributed by atoms with E-state index in [0.29, 0.717) is 25.8 Å². The minimum atomic E-state index is -0.780. The monoisotopic (exact) mass is 531 g/mol. The second kappa shape index (κ2) is 15.0. The second-order valence-electron chi connectivity index (χ2n) is 10.1. The summed E-state index contributed by atoms with van der Waals surface area (Å²) in [6.45, 7) is 4.80. The van der Waals surface area contributed by atoms with E-state index in [1.807, 2.05) is 43.3 Å². The average molecular weight is 532 g/mol. The van der Waals surface area contributed by atoms with E-state index in [0.717, 1.165) is 34.7 Å². The first kappa shape index (κ1) is 29.8. The second-order valence-corrected chi connectivity index (χ2v) is 10.1. The molecule has 2 amide bonds. The average Bonchev–Trinajstić information content (AvgIpc) is 2.94. The van der Waals surface area contributed by atoms with Crippen LogP contribution in [0.4, 0.5) is 0 Å². The Balaban J connectivity index is 1.62. The van der Waals surface area contributed by atoms with Gasteiger partial charge in [0.1, 0.15) is 6.61 Å². The Hall–Kier alpha value is -3.71. The molecule has 3 aromatic rings. The predicted octanol–water partition coefficient (Wildman–Crippen LogP) is 4.67. The molecule has 0 saturated heterocycles. The van der Waals surface area contributed by atoms with Crippen LogP contribution in [-0.2, 0) is 38.6 Å². The number of nitrogens with zero attached hydrogens (tertiary/aromatic N) is 1. The van der Waals surface area contributed by atoms with Gasteiger partial charge in [-0.1, -0.05) is 80.6 Å². The molecule has 4 N–H and O–H groups in total. The van der Waals surface area contributed by atoms with Crippen LogP contribution in [0.1, 0.15) is 62.6 Å². The topological polar surface area (TPSA) is 116 Å². The molecule has 208 valence electrons. The summed E-state index contributed by atoms with van der Waals surface area (Å²) in [7, 11) is 0. The maximum Gasteiger partial charge on any atom is 0.306 e. The molecule has 0 radical (unpaired) electrons. The first-order valence-electron chi connectivity index (χ1n) is 13.9. The van der Waals surface area contributed by atoms with E-state index in [1.165, 1.54) is 5.56 Å². The number of hydrogen-bond acceptors (Lipinski definition) is 5. The third kappa shape index (κ3) is 9.21. The van der Waals surface area contributed by atoms with Gasteiger partial charge in [0, 0.05) is 25.4 Å². The van der Waals surface area contributed by atoms with E-state index in [2.05, 4.69) is 37.3 Å². The molecule has 0 aliphatic rings. The van der Waals surface area contributed by atoms with Crippen molar-refractivity contribution < 1.29 is 19.1 Å². The van der Waals surface area contributed by atoms with Crippen LogP contribution in [-0.4, -0.2) is 41.3 Å². The summed E-state index contributed by atoms with van der Waals surface area (Å²) in [4.78, 5) is 39.3. The lowest BCUT2D eigenvalue weighted by molar-refractivity contribution is -0.145. The first-order chi connectivity index (χ1) is 18.8. The number of carbonyl (C=O) groups excluding carboxylic acids is 3. The van der Waals surface area contributed by atoms with Gasteiger partial charge in [0.2, 0.25) is 11.8 Å². The fourth-order valence-corrected chi connectivity index (χ4v) is 4.82. The number of ether oxygens (including phenoxy) is 1. The van der Waals surface area contributed by atoms with Crippen molar-refractivity contribution in [2.75, 3.05) is 6.54 Å². The number of fused-ring (bicyclic) bond motifs is 1. The number of primary amides is 1. The van der Waals surface area contributed by atoms with Crippen molar-refractivity contribution in [3.63, 3.8) is 0 Å². The van der Waals surface area contributed by atoms with Crippen molar-refractivity contribution in [2.24, 2.45) is 11.5 Å². The van der Waals surface area contributed by atoms with Gasteiger partial charge in [0.05, 0.1) is 6.04 Å². The minimum Gasteiger partial charge on any atom is -0.461 e. The smallest absolute Gasteiger partial charge is 0.306 e. The van der Waals surface area contributed by atoms with Crippen molar-refractivity contribution in [1.29, 1.82) is 0 Å². The molecule has 0 aromatic heterocycles. The van der Waals surface area contributed by atoms with Gasteiger partial charge < -0.3 is 21.1 Å². The van der Waals surface area contributed by atoms with Gasteiger partial charge in [-0.3, -0.25) is 14.4 Å². The van der Waals surface area contributed by atoms with Crippen LogP contribution in [0.25, 0.3) is 10.8 Å². The molecule has 2 atom stereocenters. The maximum atomic E-state index is 13.4. The Morgan fingerprint density at radius 2 is 1.56 bits per heavy atom. The van der Waals surface area contributed by atoms with Crippen LogP contribution in [0.3, 0.4) is 0 Å². The highest BCUT2D eigenvalue weighted by atomic mass is 16.5. The zero-order chi connectivity index (χ0) is 28.2. The molecule has 0 saturated carbocycles. The molecule has 39 heavy (non-hydrogen) atoms. The number of aryl methyl sites for hydroxylation is 1. The number of hydrogen-bond donors (Lipinski definition) is 2. The Kier molecular flexibility index (Phi) is 11.5. The van der Waals surface area contributed by atoms with Crippen LogP contribution in [0.5, 0.6) is 0 Å². The van der Waals surface area contributed by atoms with Crippen molar-refractivity contribution in [2.45, 2.75) is 77.5 Å². The third-order valence-corrected chi connectivity index (χ3v) is 6.93. The molecule has 3 aromatic carbocycles. The normalized spacial score (nSPS) is 12.6. The lowest BCUT2D eigenvalue weighted by atomic mass is 9.96. The van der Waals surface area contributed by atoms with Crippen molar-refractivity contribution >= 4 is 28.6 Å². The van der Waals surface area contributed by atoms with Crippen molar-refractivity contribution in [1.82, 2.24) is 4.90 Å². The van der Waals surface area contributed by atoms with Crippen LogP contribution in [0, 0.1) is 0 Å². The van der Waals surface area contributed by atoms with Crippen molar-refractivity contribution in [3.05, 3.63) is 83.4 Å². The zero-order valence-corrected chi connectivity index (χ0v) is 23.1. The highest BCUT2D eigenvalue weighted by molar-refractivity contribution is 5.85. The number of amides is 2. The molecule has 7 heteroatoms. The third-order valence-electron chi connectivity index (χ3n) is 6.93. The van der Waals surface area contributed by atoms with Crippen LogP contribution in [0.15, 0.2) is 66.7 Å². The van der Waals surface area contributed by atoms with E-state index in [1.54, 1.807) is 4.90 Å². The van der Waals surface area contributed by atoms with Gasteiger partial charge in [0.15, 0.2) is 0 Å². The van der Waals surface area contributed by atoms with Gasteiger partial charge >= 0.3 is 5.97 Å². The van der Waals surface area contributed by atoms with E-state index in [-0.39, 0.29) is 31.3 Å². The molecule has 0 spiro atoms. The molecule has 3 rings (SSSR count). The van der Waals surface area contributed by atoms with Crippen LogP contribution in [0.2, 0.25) is 0 Å². The lowest BCUT2D eigenvalue weighted by Crippen LogP contribution is -2.50. The molecule has 0 unspecified atom stereocenters. The summed E-state index contributed by atoms with van der Waals surface area (Å²) in [6, 6.07) is 21.0. The van der Waals surface area contributed by atoms with Gasteiger partial charge in [-0.2, -0.15) is 0 Å². The summed E-state index contributed by atoms with van der Waals surface area (Å²) >= 11 is 0. The molecule has 0 aliphatic heterocycles. The predicted molar refractivity (Wildman–Crippen MR) is 155 cm³/mol. The SMILES string of the molecule is CCCN(C(=O)[C@@H](N)CCCC(=O)OCc1ccccc1)[C@H](CC(N)=O)Cc1ccc2cc(CC)ccc2c1. The number of esters is 1. The summed E-state index contributed by atoms with van der Waals surface area (Å²) < 4.78 is 5.32. The summed E-state index contributed by atoms with van der Waals surface area (Å²) in [5.74, 6) is -1.01. The quantitative estimate of drug-likeness (QED) is 0.277. The highest BCUT2D eigenvalue weighted by Crippen LogP contribution is 2.22. The first-order valence-corrected chi connectivity index (χ1v) is 13.9. The largest absolute Gasteiger partial charge is 0.461 e. The molecule has 0 fully saturated rings. The molecule has 0 heterocycles. The number of nitrogens with two attached hydrogens (primary N) is 2. The lowest BCUT2D eigenvalue weighted by Gasteiger charge is -2.33. The van der Waals surface area contributed by atoms with Crippen LogP contribution >= 0.6 is 0 Å². The maximum absolute atomic E-state index is 13.4. The fourth-order valence-electron chi connectivity index (χ4n) is 4.82. The fraction of sp³-hybridized carbons (Fsp3) is 0.406. The van der Waals surface area contributed by atoms with Crippen LogP contribution < -0.4 is 11.5 Å². The van der Waals surface area contributed by atoms with Gasteiger partial charge in [0.25, 0.3) is 0 Å². The van der Waals surface area contributed by atoms with Gasteiger partial charge in [-0.05, 0) is 59.6 Å². The Morgan fingerprint density at radius 3 is 2.21 bits per heavy atom. The number of rotatable bonds is 15. The van der Waals surface area contributed by atoms with Gasteiger partial charge in [-0.15, -0.1) is 0 Å². The Morgan fingerprint density at radius 1 is 0.897 bits per heavy atom. The van der Waals surface area contributed by atoms with E-state index in [4.69, 9.17) is 16.2 Å². The molecule has 0 aliphatic carbocycles. The minimum absolute atomic E-state index is 0.0527. The summed E-state index contributed by atoms with van der Waals surface area (Å²) in [5.41, 5.74) is 15.1. The van der Waals surface area contributed by atoms with Gasteiger partial charge in [-0.25, -0.2) is 0 Å². The molecular formula is C32H41N3O4. The van der Waals surface area contributed by atoms with Crippen molar-refractivity contribution in [3.8, 4) is 0 Å². The molecule has 0 bridgehead atoms. The Bertz CT molecular complexity index is 1240. The van der Waals surface area contributed by atoms with E-state index in [9.17, 15) is 14.4 Å². The van der Waals surface area contributed by atoms with E-state index < -0.39 is 18.0 Å². The highest BCUT2D eigenvalue weighted by Gasteiger charge is 2.28. The number of benzene rings is 3. The van der Waals surface area contributed by atoms with E-state index >= 15 is 0 Å². The standard InChI is InChI=1S/C32H41N3O4/c1-3-17-35(32(38)29(33)11-8-12-31(37)39-22-24-9-6-5-7-10-24)28(21-30(34)36)20-25-14-16-26-18-23(4-2)13-15-27(26)19-25/h5-7,9-10,13-16,18-19,28-29H,3-4,8,11-12,17,20-22,33H2,1-2H3,(H2,34,36)/t28-,29-/m0/s1.